The topological polar surface area (TPSA) is 35.6 Å². The Hall–Kier alpha value is -8.34. The second-order valence-corrected chi connectivity index (χ2v) is 16.9. The summed E-state index contributed by atoms with van der Waals surface area (Å²) in [5.41, 5.74) is 17.0. The van der Waals surface area contributed by atoms with Gasteiger partial charge in [-0.25, -0.2) is 9.97 Å². The van der Waals surface area contributed by atoms with Crippen molar-refractivity contribution in [2.75, 3.05) is 0 Å². The number of benzene rings is 9. The zero-order valence-corrected chi connectivity index (χ0v) is 35.0. The van der Waals surface area contributed by atoms with Gasteiger partial charge in [0.1, 0.15) is 0 Å². The molecule has 4 nitrogen and oxygen atoms in total. The van der Waals surface area contributed by atoms with E-state index in [1.54, 1.807) is 0 Å². The van der Waals surface area contributed by atoms with E-state index < -0.39 is 0 Å². The molecule has 1 aliphatic carbocycles. The molecule has 0 spiro atoms. The first-order chi connectivity index (χ1) is 31.7. The molecule has 0 saturated carbocycles. The predicted octanol–water partition coefficient (Wildman–Crippen LogP) is 15.5. The molecule has 12 aromatic rings. The van der Waals surface area contributed by atoms with E-state index >= 15 is 0 Å². The van der Waals surface area contributed by atoms with Crippen molar-refractivity contribution >= 4 is 60.5 Å². The molecule has 0 N–H and O–H groups in total. The average molecular weight is 817 g/mol. The van der Waals surface area contributed by atoms with Crippen LogP contribution in [0, 0.1) is 0 Å². The lowest BCUT2D eigenvalue weighted by Gasteiger charge is -2.14. The van der Waals surface area contributed by atoms with Crippen LogP contribution in [-0.2, 0) is 6.42 Å². The summed E-state index contributed by atoms with van der Waals surface area (Å²) in [4.78, 5) is 10.5. The first-order valence-electron chi connectivity index (χ1n) is 22.1. The van der Waals surface area contributed by atoms with Crippen molar-refractivity contribution in [2.45, 2.75) is 12.8 Å². The fourth-order valence-electron chi connectivity index (χ4n) is 10.0. The van der Waals surface area contributed by atoms with Crippen molar-refractivity contribution < 1.29 is 0 Å². The van der Waals surface area contributed by atoms with Gasteiger partial charge in [0.05, 0.1) is 33.5 Å². The molecule has 0 unspecified atom stereocenters. The third-order valence-corrected chi connectivity index (χ3v) is 13.2. The van der Waals surface area contributed by atoms with Crippen molar-refractivity contribution in [1.82, 2.24) is 19.1 Å². The molecule has 3 heterocycles. The van der Waals surface area contributed by atoms with Gasteiger partial charge in [0.2, 0.25) is 0 Å². The van der Waals surface area contributed by atoms with Crippen molar-refractivity contribution in [3.63, 3.8) is 0 Å². The highest BCUT2D eigenvalue weighted by Crippen LogP contribution is 2.39. The highest BCUT2D eigenvalue weighted by Gasteiger charge is 2.18. The van der Waals surface area contributed by atoms with Crippen LogP contribution in [0.5, 0.6) is 0 Å². The minimum absolute atomic E-state index is 0.704. The normalized spacial score (nSPS) is 12.5. The maximum atomic E-state index is 5.25. The van der Waals surface area contributed by atoms with Crippen LogP contribution in [0.2, 0.25) is 0 Å². The highest BCUT2D eigenvalue weighted by atomic mass is 15.0. The van der Waals surface area contributed by atoms with Gasteiger partial charge >= 0.3 is 0 Å². The molecule has 0 aliphatic heterocycles. The Bertz CT molecular complexity index is 3830. The van der Waals surface area contributed by atoms with Gasteiger partial charge in [0, 0.05) is 49.6 Å². The number of aryl methyl sites for hydroxylation is 1. The second-order valence-electron chi connectivity index (χ2n) is 16.9. The van der Waals surface area contributed by atoms with Crippen molar-refractivity contribution in [2.24, 2.45) is 0 Å². The summed E-state index contributed by atoms with van der Waals surface area (Å²) in [6.07, 6.45) is 6.67. The molecule has 0 saturated heterocycles. The molecular weight excluding hydrogens is 777 g/mol. The summed E-state index contributed by atoms with van der Waals surface area (Å²) < 4.78 is 4.77. The number of fused-ring (bicyclic) bond motifs is 8. The molecule has 0 fully saturated rings. The number of hydrogen-bond donors (Lipinski definition) is 0. The SMILES string of the molecule is C1=Cc2cc(-c3cc(-c4ccc5ccccc5c4)nc(-c4ccc(-n5c6ccccc6c6cc(-c7ccc8c9ccccc9n(-c9ccccc9)c8c7)ccc65)cc4)n3)ccc2CC1. The molecule has 0 bridgehead atoms. The molecule has 64 heavy (non-hydrogen) atoms. The van der Waals surface area contributed by atoms with Gasteiger partial charge < -0.3 is 9.13 Å². The van der Waals surface area contributed by atoms with E-state index in [0.717, 1.165) is 57.8 Å². The van der Waals surface area contributed by atoms with Crippen molar-refractivity contribution in [3.8, 4) is 56.4 Å². The Morgan fingerprint density at radius 2 is 0.938 bits per heavy atom. The molecule has 300 valence electrons. The molecule has 3 aromatic heterocycles. The van der Waals surface area contributed by atoms with Gasteiger partial charge in [0.15, 0.2) is 5.82 Å². The quantitative estimate of drug-likeness (QED) is 0.168. The Balaban J connectivity index is 0.912. The van der Waals surface area contributed by atoms with Crippen LogP contribution in [0.25, 0.3) is 117 Å². The molecular formula is C60H40N4. The van der Waals surface area contributed by atoms with Crippen LogP contribution in [0.15, 0.2) is 212 Å². The van der Waals surface area contributed by atoms with E-state index in [9.17, 15) is 0 Å². The Morgan fingerprint density at radius 3 is 1.75 bits per heavy atom. The number of aromatic nitrogens is 4. The van der Waals surface area contributed by atoms with Crippen LogP contribution >= 0.6 is 0 Å². The first-order valence-corrected chi connectivity index (χ1v) is 22.1. The van der Waals surface area contributed by atoms with E-state index in [2.05, 4.69) is 228 Å². The zero-order chi connectivity index (χ0) is 42.1. The van der Waals surface area contributed by atoms with Crippen LogP contribution < -0.4 is 0 Å². The summed E-state index contributed by atoms with van der Waals surface area (Å²) in [7, 11) is 0. The maximum Gasteiger partial charge on any atom is 0.160 e. The fourth-order valence-corrected chi connectivity index (χ4v) is 10.0. The summed E-state index contributed by atoms with van der Waals surface area (Å²) in [5, 5.41) is 7.35. The van der Waals surface area contributed by atoms with E-state index in [0.29, 0.717) is 5.82 Å². The van der Waals surface area contributed by atoms with Gasteiger partial charge in [-0.3, -0.25) is 0 Å². The Morgan fingerprint density at radius 1 is 0.359 bits per heavy atom. The van der Waals surface area contributed by atoms with Crippen LogP contribution in [-0.4, -0.2) is 19.1 Å². The molecule has 0 atom stereocenters. The number of nitrogens with zero attached hydrogens (tertiary/aromatic N) is 4. The number of hydrogen-bond acceptors (Lipinski definition) is 2. The monoisotopic (exact) mass is 816 g/mol. The molecule has 9 aromatic carbocycles. The average Bonchev–Trinajstić information content (AvgIpc) is 3.88. The van der Waals surface area contributed by atoms with Crippen molar-refractivity contribution in [1.29, 1.82) is 0 Å². The van der Waals surface area contributed by atoms with Crippen molar-refractivity contribution in [3.05, 3.63) is 223 Å². The lowest BCUT2D eigenvalue weighted by Crippen LogP contribution is -1.99. The summed E-state index contributed by atoms with van der Waals surface area (Å²) in [6.45, 7) is 0. The summed E-state index contributed by atoms with van der Waals surface area (Å²) >= 11 is 0. The lowest BCUT2D eigenvalue weighted by atomic mass is 9.94. The highest BCUT2D eigenvalue weighted by molar-refractivity contribution is 6.12. The number of rotatable bonds is 6. The molecule has 0 radical (unpaired) electrons. The third kappa shape index (κ3) is 5.99. The van der Waals surface area contributed by atoms with E-state index in [1.165, 1.54) is 71.1 Å². The molecule has 4 heteroatoms. The smallest absolute Gasteiger partial charge is 0.160 e. The Labute approximate surface area is 370 Å². The largest absolute Gasteiger partial charge is 0.309 e. The van der Waals surface area contributed by atoms with Crippen LogP contribution in [0.4, 0.5) is 0 Å². The van der Waals surface area contributed by atoms with Gasteiger partial charge in [-0.2, -0.15) is 0 Å². The molecule has 0 amide bonds. The summed E-state index contributed by atoms with van der Waals surface area (Å²) in [5.74, 6) is 0.704. The van der Waals surface area contributed by atoms with Gasteiger partial charge in [-0.1, -0.05) is 133 Å². The lowest BCUT2D eigenvalue weighted by molar-refractivity contribution is 0.986. The zero-order valence-electron chi connectivity index (χ0n) is 35.0. The van der Waals surface area contributed by atoms with Gasteiger partial charge in [-0.15, -0.1) is 0 Å². The number of para-hydroxylation sites is 3. The van der Waals surface area contributed by atoms with Crippen LogP contribution in [0.1, 0.15) is 17.5 Å². The van der Waals surface area contributed by atoms with E-state index in [1.807, 2.05) is 0 Å². The van der Waals surface area contributed by atoms with E-state index in [-0.39, 0.29) is 0 Å². The Kier molecular flexibility index (Phi) is 8.31. The molecule has 1 aliphatic rings. The van der Waals surface area contributed by atoms with Crippen LogP contribution in [0.3, 0.4) is 0 Å². The second kappa shape index (κ2) is 14.6. The fraction of sp³-hybridized carbons (Fsp3) is 0.0333. The minimum Gasteiger partial charge on any atom is -0.309 e. The van der Waals surface area contributed by atoms with E-state index in [4.69, 9.17) is 9.97 Å². The standard InChI is InChI=1S/C60H40N4/c1-2-16-48(17-3-1)64-56-20-10-8-18-50(56)52-32-28-45(37-59(52)64)44-29-33-58-53(36-44)51-19-9-11-21-57(51)63(58)49-30-26-41(27-31-49)60-61-54(46-24-22-39-12-4-6-14-42(39)34-46)38-55(62-60)47-25-23-40-13-5-7-15-43(40)35-47/h1-4,6-12,14-38H,5,13H2. The summed E-state index contributed by atoms with van der Waals surface area (Å²) in [6, 6.07) is 74.7. The number of allylic oxidation sites excluding steroid dienone is 1. The van der Waals surface area contributed by atoms with Gasteiger partial charge in [0.25, 0.3) is 0 Å². The third-order valence-electron chi connectivity index (χ3n) is 13.2. The van der Waals surface area contributed by atoms with Gasteiger partial charge in [-0.05, 0) is 131 Å². The predicted molar refractivity (Wildman–Crippen MR) is 267 cm³/mol. The maximum absolute atomic E-state index is 5.25. The molecule has 13 rings (SSSR count). The minimum atomic E-state index is 0.704. The first kappa shape index (κ1) is 36.3.